The Bertz CT molecular complexity index is 1810. The van der Waals surface area contributed by atoms with Gasteiger partial charge in [0.25, 0.3) is 0 Å². The number of Topliss-reactive ketones (excluding diaryl/α,β-unsaturated/α-hetero) is 1. The van der Waals surface area contributed by atoms with Crippen molar-refractivity contribution in [1.82, 2.24) is 9.80 Å². The summed E-state index contributed by atoms with van der Waals surface area (Å²) in [5.41, 5.74) is 4.80. The zero-order chi connectivity index (χ0) is 33.6. The minimum atomic E-state index is -0.569. The summed E-state index contributed by atoms with van der Waals surface area (Å²) in [7, 11) is 0. The second kappa shape index (κ2) is 12.7. The highest BCUT2D eigenvalue weighted by Crippen LogP contribution is 2.48. The van der Waals surface area contributed by atoms with Crippen molar-refractivity contribution < 1.29 is 22.8 Å². The van der Waals surface area contributed by atoms with Gasteiger partial charge in [0.1, 0.15) is 29.2 Å². The van der Waals surface area contributed by atoms with Gasteiger partial charge in [-0.3, -0.25) is 14.5 Å². The molecular weight excluding hydrogens is 610 g/mol. The maximum atomic E-state index is 14.2. The van der Waals surface area contributed by atoms with Crippen molar-refractivity contribution in [1.29, 1.82) is 0 Å². The molecule has 4 aromatic rings. The van der Waals surface area contributed by atoms with E-state index in [0.717, 1.165) is 34.0 Å². The van der Waals surface area contributed by atoms with Crippen LogP contribution in [0.25, 0.3) is 0 Å². The molecule has 1 saturated heterocycles. The van der Waals surface area contributed by atoms with Gasteiger partial charge in [-0.15, -0.1) is 0 Å². The van der Waals surface area contributed by atoms with Crippen LogP contribution in [0.4, 0.5) is 20.2 Å². The van der Waals surface area contributed by atoms with E-state index < -0.39 is 6.04 Å². The average Bonchev–Trinajstić information content (AvgIpc) is 3.44. The highest BCUT2D eigenvalue weighted by Gasteiger charge is 2.43. The Balaban J connectivity index is 1.17. The molecule has 7 rings (SSSR count). The van der Waals surface area contributed by atoms with Gasteiger partial charge in [0.15, 0.2) is 5.78 Å². The second-order valence-electron chi connectivity index (χ2n) is 13.9. The van der Waals surface area contributed by atoms with Gasteiger partial charge in [0.2, 0.25) is 5.91 Å². The molecule has 0 bridgehead atoms. The topological polar surface area (TPSA) is 69.0 Å². The summed E-state index contributed by atoms with van der Waals surface area (Å²) in [4.78, 5) is 34.3. The first kappa shape index (κ1) is 31.8. The molecule has 1 unspecified atom stereocenters. The van der Waals surface area contributed by atoms with Crippen LogP contribution in [0.5, 0.6) is 0 Å². The number of nitrogens with one attached hydrogen (secondary N) is 1. The molecule has 1 fully saturated rings. The number of carbonyl (C=O) groups is 2. The van der Waals surface area contributed by atoms with E-state index in [9.17, 15) is 18.4 Å². The van der Waals surface area contributed by atoms with Crippen molar-refractivity contribution in [3.63, 3.8) is 0 Å². The number of nitrogens with zero attached hydrogens (tertiary/aromatic N) is 3. The lowest BCUT2D eigenvalue weighted by atomic mass is 9.74. The maximum absolute atomic E-state index is 14.2. The predicted octanol–water partition coefficient (Wildman–Crippen LogP) is 7.42. The summed E-state index contributed by atoms with van der Waals surface area (Å²) in [6, 6.07) is 23.7. The van der Waals surface area contributed by atoms with Crippen molar-refractivity contribution in [3.05, 3.63) is 130 Å². The number of furan rings is 1. The smallest absolute Gasteiger partial charge is 0.242 e. The number of hydrogen-bond acceptors (Lipinski definition) is 6. The van der Waals surface area contributed by atoms with Gasteiger partial charge in [-0.25, -0.2) is 8.78 Å². The second-order valence-corrected chi connectivity index (χ2v) is 13.9. The lowest BCUT2D eigenvalue weighted by Gasteiger charge is -2.41. The van der Waals surface area contributed by atoms with E-state index in [1.165, 1.54) is 24.3 Å². The van der Waals surface area contributed by atoms with Crippen LogP contribution in [0.2, 0.25) is 0 Å². The Labute approximate surface area is 279 Å². The molecule has 9 heteroatoms. The van der Waals surface area contributed by atoms with Crippen molar-refractivity contribution in [2.24, 2.45) is 5.41 Å². The lowest BCUT2D eigenvalue weighted by molar-refractivity contribution is -0.132. The van der Waals surface area contributed by atoms with Gasteiger partial charge in [-0.1, -0.05) is 50.2 Å². The molecule has 1 aromatic heterocycles. The molecule has 1 atom stereocenters. The van der Waals surface area contributed by atoms with Gasteiger partial charge in [-0.2, -0.15) is 0 Å². The van der Waals surface area contributed by atoms with E-state index in [2.05, 4.69) is 24.1 Å². The summed E-state index contributed by atoms with van der Waals surface area (Å²) < 4.78 is 33.9. The number of para-hydroxylation sites is 2. The third kappa shape index (κ3) is 6.27. The molecule has 1 aliphatic carbocycles. The standard InChI is InChI=1S/C39H40F2N4O3/c1-25-8-17-34(48-25)38-36-31(22-39(2,3)23-33(36)46)42-30-6-4-5-7-32(30)45(38)24-35(47)43-18-20-44(21-19-43)37(26-9-13-28(40)14-10-26)27-11-15-29(41)16-12-27/h4-17,37-38,42H,18-24H2,1-3H3. The summed E-state index contributed by atoms with van der Waals surface area (Å²) in [5, 5.41) is 3.59. The van der Waals surface area contributed by atoms with Crippen molar-refractivity contribution >= 4 is 23.1 Å². The minimum Gasteiger partial charge on any atom is -0.464 e. The number of allylic oxidation sites excluding steroid dienone is 1. The zero-order valence-electron chi connectivity index (χ0n) is 27.5. The molecule has 1 amide bonds. The SMILES string of the molecule is Cc1ccc(C2C3=C(CC(C)(C)CC3=O)Nc3ccccc3N2CC(=O)N2CCN(C(c3ccc(F)cc3)c3ccc(F)cc3)CC2)o1. The molecule has 0 radical (unpaired) electrons. The fourth-order valence-electron chi connectivity index (χ4n) is 7.50. The molecule has 48 heavy (non-hydrogen) atoms. The quantitative estimate of drug-likeness (QED) is 0.234. The van der Waals surface area contributed by atoms with Gasteiger partial charge >= 0.3 is 0 Å². The van der Waals surface area contributed by atoms with E-state index in [1.54, 1.807) is 24.3 Å². The predicted molar refractivity (Wildman–Crippen MR) is 181 cm³/mol. The van der Waals surface area contributed by atoms with Crippen LogP contribution in [0.1, 0.15) is 61.4 Å². The number of halogens is 2. The number of ketones is 1. The number of piperazine rings is 1. The number of rotatable bonds is 6. The van der Waals surface area contributed by atoms with Crippen LogP contribution in [-0.4, -0.2) is 54.2 Å². The summed E-state index contributed by atoms with van der Waals surface area (Å²) in [5.74, 6) is 0.736. The average molecular weight is 651 g/mol. The Hall–Kier alpha value is -4.76. The van der Waals surface area contributed by atoms with E-state index in [1.807, 2.05) is 53.1 Å². The van der Waals surface area contributed by atoms with Crippen LogP contribution in [-0.2, 0) is 9.59 Å². The molecule has 3 aromatic carbocycles. The number of carbonyl (C=O) groups excluding carboxylic acids is 2. The van der Waals surface area contributed by atoms with Crippen molar-refractivity contribution in [2.45, 2.75) is 45.7 Å². The number of anilines is 2. The van der Waals surface area contributed by atoms with Crippen LogP contribution in [0.15, 0.2) is 101 Å². The minimum absolute atomic E-state index is 0.0505. The largest absolute Gasteiger partial charge is 0.464 e. The van der Waals surface area contributed by atoms with Crippen LogP contribution in [0.3, 0.4) is 0 Å². The van der Waals surface area contributed by atoms with Crippen molar-refractivity contribution in [3.8, 4) is 0 Å². The first-order valence-corrected chi connectivity index (χ1v) is 16.5. The third-order valence-electron chi connectivity index (χ3n) is 9.74. The zero-order valence-corrected chi connectivity index (χ0v) is 27.5. The fourth-order valence-corrected chi connectivity index (χ4v) is 7.50. The maximum Gasteiger partial charge on any atom is 0.242 e. The fraction of sp³-hybridized carbons (Fsp3) is 0.333. The molecule has 2 aliphatic heterocycles. The van der Waals surface area contributed by atoms with Crippen LogP contribution < -0.4 is 10.2 Å². The number of amides is 1. The number of aryl methyl sites for hydroxylation is 1. The highest BCUT2D eigenvalue weighted by molar-refractivity contribution is 6.01. The van der Waals surface area contributed by atoms with Gasteiger partial charge in [0.05, 0.1) is 24.0 Å². The summed E-state index contributed by atoms with van der Waals surface area (Å²) in [6.45, 7) is 8.27. The Morgan fingerprint density at radius 1 is 0.875 bits per heavy atom. The lowest BCUT2D eigenvalue weighted by Crippen LogP contribution is -2.52. The normalized spacial score (nSPS) is 19.5. The Morgan fingerprint density at radius 3 is 2.10 bits per heavy atom. The number of hydrogen-bond donors (Lipinski definition) is 1. The Morgan fingerprint density at radius 2 is 1.50 bits per heavy atom. The molecule has 1 N–H and O–H groups in total. The third-order valence-corrected chi connectivity index (χ3v) is 9.74. The first-order chi connectivity index (χ1) is 23.1. The number of fused-ring (bicyclic) bond motifs is 1. The molecule has 3 heterocycles. The molecule has 0 spiro atoms. The first-order valence-electron chi connectivity index (χ1n) is 16.5. The summed E-state index contributed by atoms with van der Waals surface area (Å²) in [6.07, 6.45) is 1.11. The van der Waals surface area contributed by atoms with E-state index >= 15 is 0 Å². The molecule has 7 nitrogen and oxygen atoms in total. The Kier molecular flexibility index (Phi) is 8.41. The van der Waals surface area contributed by atoms with E-state index in [4.69, 9.17) is 4.42 Å². The monoisotopic (exact) mass is 650 g/mol. The van der Waals surface area contributed by atoms with Crippen LogP contribution in [0, 0.1) is 24.0 Å². The van der Waals surface area contributed by atoms with E-state index in [-0.39, 0.29) is 41.3 Å². The number of benzene rings is 3. The van der Waals surface area contributed by atoms with Gasteiger partial charge < -0.3 is 19.5 Å². The van der Waals surface area contributed by atoms with E-state index in [0.29, 0.717) is 50.4 Å². The van der Waals surface area contributed by atoms with Crippen LogP contribution >= 0.6 is 0 Å². The highest BCUT2D eigenvalue weighted by atomic mass is 19.1. The molecular formula is C39H40F2N4O3. The van der Waals surface area contributed by atoms with Gasteiger partial charge in [-0.05, 0) is 78.4 Å². The molecule has 248 valence electrons. The summed E-state index contributed by atoms with van der Waals surface area (Å²) >= 11 is 0. The molecule has 3 aliphatic rings. The van der Waals surface area contributed by atoms with Gasteiger partial charge in [0, 0.05) is 43.9 Å². The van der Waals surface area contributed by atoms with Crippen molar-refractivity contribution in [2.75, 3.05) is 42.9 Å². The molecule has 0 saturated carbocycles.